The van der Waals surface area contributed by atoms with E-state index >= 15 is 0 Å². The third kappa shape index (κ3) is 3.04. The molecule has 2 rings (SSSR count). The number of carbonyl (C=O) groups is 1. The fourth-order valence-corrected chi connectivity index (χ4v) is 2.00. The van der Waals surface area contributed by atoms with Crippen molar-refractivity contribution in [2.75, 3.05) is 13.2 Å². The summed E-state index contributed by atoms with van der Waals surface area (Å²) in [5.74, 6) is -0.829. The number of halogens is 3. The predicted octanol–water partition coefficient (Wildman–Crippen LogP) is 1.47. The normalized spacial score (nSPS) is 19.6. The standard InChI is InChI=1S/C12H12F3NO3/c13-12(14,15)10-2-1-3-11(18)16(10)6-9(17)8-4-5-19-7-8/h1-3,8H,4-7H2. The van der Waals surface area contributed by atoms with E-state index in [9.17, 15) is 22.8 Å². The minimum Gasteiger partial charge on any atom is -0.381 e. The summed E-state index contributed by atoms with van der Waals surface area (Å²) in [6.07, 6.45) is -4.17. The van der Waals surface area contributed by atoms with Crippen LogP contribution in [0.3, 0.4) is 0 Å². The van der Waals surface area contributed by atoms with Crippen LogP contribution in [0.4, 0.5) is 13.2 Å². The molecule has 1 aliphatic rings. The molecular weight excluding hydrogens is 263 g/mol. The fraction of sp³-hybridized carbons (Fsp3) is 0.500. The second-order valence-corrected chi connectivity index (χ2v) is 4.36. The Morgan fingerprint density at radius 1 is 1.42 bits per heavy atom. The molecule has 1 fully saturated rings. The van der Waals surface area contributed by atoms with Crippen LogP contribution in [0.2, 0.25) is 0 Å². The van der Waals surface area contributed by atoms with Crippen molar-refractivity contribution in [1.29, 1.82) is 0 Å². The Hall–Kier alpha value is -1.63. The van der Waals surface area contributed by atoms with Gasteiger partial charge in [-0.2, -0.15) is 13.2 Å². The Kier molecular flexibility index (Phi) is 3.75. The maximum absolute atomic E-state index is 12.8. The molecule has 19 heavy (non-hydrogen) atoms. The summed E-state index contributed by atoms with van der Waals surface area (Å²) in [6, 6.07) is 2.83. The van der Waals surface area contributed by atoms with Crippen LogP contribution in [0, 0.1) is 5.92 Å². The molecule has 1 aromatic rings. The van der Waals surface area contributed by atoms with Gasteiger partial charge in [-0.3, -0.25) is 14.2 Å². The molecule has 2 heterocycles. The first kappa shape index (κ1) is 13.8. The number of ketones is 1. The van der Waals surface area contributed by atoms with Crippen molar-refractivity contribution in [3.05, 3.63) is 34.2 Å². The molecule has 0 aromatic carbocycles. The maximum Gasteiger partial charge on any atom is 0.431 e. The topological polar surface area (TPSA) is 48.3 Å². The number of Topliss-reactive ketones (excluding diaryl/α,β-unsaturated/α-hetero) is 1. The first-order valence-corrected chi connectivity index (χ1v) is 5.77. The van der Waals surface area contributed by atoms with Crippen LogP contribution < -0.4 is 5.56 Å². The van der Waals surface area contributed by atoms with E-state index in [0.29, 0.717) is 17.6 Å². The van der Waals surface area contributed by atoms with E-state index in [2.05, 4.69) is 0 Å². The number of rotatable bonds is 3. The van der Waals surface area contributed by atoms with Gasteiger partial charge in [0.1, 0.15) is 5.69 Å². The Morgan fingerprint density at radius 3 is 2.74 bits per heavy atom. The lowest BCUT2D eigenvalue weighted by Crippen LogP contribution is -2.32. The van der Waals surface area contributed by atoms with Gasteiger partial charge in [0, 0.05) is 18.6 Å². The Balaban J connectivity index is 2.29. The molecule has 0 saturated carbocycles. The molecule has 0 bridgehead atoms. The van der Waals surface area contributed by atoms with Gasteiger partial charge in [0.25, 0.3) is 5.56 Å². The molecule has 1 unspecified atom stereocenters. The summed E-state index contributed by atoms with van der Waals surface area (Å²) < 4.78 is 43.8. The molecule has 1 aliphatic heterocycles. The first-order valence-electron chi connectivity index (χ1n) is 5.77. The second kappa shape index (κ2) is 5.16. The molecule has 1 atom stereocenters. The van der Waals surface area contributed by atoms with Crippen molar-refractivity contribution in [2.45, 2.75) is 19.1 Å². The summed E-state index contributed by atoms with van der Waals surface area (Å²) in [5.41, 5.74) is -1.94. The van der Waals surface area contributed by atoms with E-state index in [1.54, 1.807) is 0 Å². The van der Waals surface area contributed by atoms with Crippen molar-refractivity contribution in [2.24, 2.45) is 5.92 Å². The lowest BCUT2D eigenvalue weighted by atomic mass is 10.0. The molecule has 1 saturated heterocycles. The molecule has 7 heteroatoms. The molecule has 0 radical (unpaired) electrons. The summed E-state index contributed by atoms with van der Waals surface area (Å²) >= 11 is 0. The monoisotopic (exact) mass is 275 g/mol. The van der Waals surface area contributed by atoms with Gasteiger partial charge in [-0.05, 0) is 12.5 Å². The van der Waals surface area contributed by atoms with Crippen LogP contribution in [-0.4, -0.2) is 23.6 Å². The summed E-state index contributed by atoms with van der Waals surface area (Å²) in [4.78, 5) is 23.4. The van der Waals surface area contributed by atoms with Crippen molar-refractivity contribution < 1.29 is 22.7 Å². The number of nitrogens with zero attached hydrogens (tertiary/aromatic N) is 1. The zero-order valence-electron chi connectivity index (χ0n) is 9.94. The number of carbonyl (C=O) groups excluding carboxylic acids is 1. The van der Waals surface area contributed by atoms with E-state index in [1.807, 2.05) is 0 Å². The molecule has 4 nitrogen and oxygen atoms in total. The highest BCUT2D eigenvalue weighted by molar-refractivity contribution is 5.81. The average Bonchev–Trinajstić information content (AvgIpc) is 2.83. The van der Waals surface area contributed by atoms with Crippen molar-refractivity contribution in [1.82, 2.24) is 4.57 Å². The van der Waals surface area contributed by atoms with Crippen molar-refractivity contribution in [3.8, 4) is 0 Å². The third-order valence-corrected chi connectivity index (χ3v) is 3.04. The van der Waals surface area contributed by atoms with E-state index < -0.39 is 35.7 Å². The van der Waals surface area contributed by atoms with E-state index in [1.165, 1.54) is 0 Å². The van der Waals surface area contributed by atoms with Crippen LogP contribution in [0.1, 0.15) is 12.1 Å². The lowest BCUT2D eigenvalue weighted by Gasteiger charge is -2.15. The van der Waals surface area contributed by atoms with Gasteiger partial charge in [0.2, 0.25) is 0 Å². The number of aromatic nitrogens is 1. The second-order valence-electron chi connectivity index (χ2n) is 4.36. The van der Waals surface area contributed by atoms with Crippen LogP contribution >= 0.6 is 0 Å². The summed E-state index contributed by atoms with van der Waals surface area (Å²) in [7, 11) is 0. The predicted molar refractivity (Wildman–Crippen MR) is 59.6 cm³/mol. The molecule has 0 amide bonds. The van der Waals surface area contributed by atoms with E-state index in [-0.39, 0.29) is 6.61 Å². The lowest BCUT2D eigenvalue weighted by molar-refractivity contribution is -0.145. The van der Waals surface area contributed by atoms with Crippen LogP contribution in [-0.2, 0) is 22.3 Å². The van der Waals surface area contributed by atoms with Crippen LogP contribution in [0.25, 0.3) is 0 Å². The van der Waals surface area contributed by atoms with Gasteiger partial charge in [-0.1, -0.05) is 6.07 Å². The number of alkyl halides is 3. The third-order valence-electron chi connectivity index (χ3n) is 3.04. The Bertz CT molecular complexity index is 530. The minimum atomic E-state index is -4.66. The fourth-order valence-electron chi connectivity index (χ4n) is 2.00. The Morgan fingerprint density at radius 2 is 2.16 bits per heavy atom. The molecule has 1 aromatic heterocycles. The highest BCUT2D eigenvalue weighted by atomic mass is 19.4. The Labute approximate surface area is 106 Å². The smallest absolute Gasteiger partial charge is 0.381 e. The van der Waals surface area contributed by atoms with Gasteiger partial charge in [-0.15, -0.1) is 0 Å². The summed E-state index contributed by atoms with van der Waals surface area (Å²) in [5, 5.41) is 0. The first-order chi connectivity index (χ1) is 8.89. The largest absolute Gasteiger partial charge is 0.431 e. The molecule has 0 N–H and O–H groups in total. The van der Waals surface area contributed by atoms with Crippen LogP contribution in [0.15, 0.2) is 23.0 Å². The van der Waals surface area contributed by atoms with Gasteiger partial charge < -0.3 is 4.74 Å². The number of hydrogen-bond donors (Lipinski definition) is 0. The highest BCUT2D eigenvalue weighted by Gasteiger charge is 2.35. The maximum atomic E-state index is 12.8. The molecule has 0 aliphatic carbocycles. The number of ether oxygens (including phenoxy) is 1. The van der Waals surface area contributed by atoms with E-state index in [0.717, 1.165) is 18.2 Å². The van der Waals surface area contributed by atoms with E-state index in [4.69, 9.17) is 4.74 Å². The van der Waals surface area contributed by atoms with Gasteiger partial charge in [0.15, 0.2) is 5.78 Å². The van der Waals surface area contributed by atoms with Crippen LogP contribution in [0.5, 0.6) is 0 Å². The average molecular weight is 275 g/mol. The van der Waals surface area contributed by atoms with Crippen molar-refractivity contribution >= 4 is 5.78 Å². The van der Waals surface area contributed by atoms with Gasteiger partial charge in [-0.25, -0.2) is 0 Å². The molecule has 104 valence electrons. The molecule has 0 spiro atoms. The number of hydrogen-bond acceptors (Lipinski definition) is 3. The molecular formula is C12H12F3NO3. The minimum absolute atomic E-state index is 0.210. The summed E-state index contributed by atoms with van der Waals surface area (Å²) in [6.45, 7) is 0.0660. The zero-order chi connectivity index (χ0) is 14.0. The SMILES string of the molecule is O=C(Cn1c(C(F)(F)F)cccc1=O)C1CCOC1. The van der Waals surface area contributed by atoms with Gasteiger partial charge in [0.05, 0.1) is 13.2 Å². The zero-order valence-corrected chi connectivity index (χ0v) is 9.94. The quantitative estimate of drug-likeness (QED) is 0.839. The van der Waals surface area contributed by atoms with Gasteiger partial charge >= 0.3 is 6.18 Å². The van der Waals surface area contributed by atoms with Crippen molar-refractivity contribution in [3.63, 3.8) is 0 Å². The number of pyridine rings is 1. The highest BCUT2D eigenvalue weighted by Crippen LogP contribution is 2.28.